The summed E-state index contributed by atoms with van der Waals surface area (Å²) in [5, 5.41) is 2.02. The molecule has 0 aromatic heterocycles. The van der Waals surface area contributed by atoms with Crippen molar-refractivity contribution in [2.45, 2.75) is 12.5 Å². The minimum Gasteiger partial charge on any atom is -0.486 e. The van der Waals surface area contributed by atoms with Crippen molar-refractivity contribution < 1.29 is 19.6 Å². The fourth-order valence-corrected chi connectivity index (χ4v) is 1.73. The third kappa shape index (κ3) is 3.35. The second-order valence-electron chi connectivity index (χ2n) is 4.03. The largest absolute Gasteiger partial charge is 0.486 e. The fourth-order valence-electron chi connectivity index (χ4n) is 1.73. The number of carbonyl (C=O) groups excluding carboxylic acids is 1. The molecular formula is C12H17N2O3+. The van der Waals surface area contributed by atoms with Crippen molar-refractivity contribution >= 4 is 5.91 Å². The summed E-state index contributed by atoms with van der Waals surface area (Å²) >= 11 is 0. The second kappa shape index (κ2) is 5.54. The molecule has 0 aliphatic carbocycles. The maximum absolute atomic E-state index is 10.6. The van der Waals surface area contributed by atoms with Crippen LogP contribution in [0.5, 0.6) is 11.5 Å². The molecule has 1 amide bonds. The van der Waals surface area contributed by atoms with E-state index in [0.717, 1.165) is 18.0 Å². The maximum atomic E-state index is 10.6. The van der Waals surface area contributed by atoms with E-state index >= 15 is 0 Å². The predicted molar refractivity (Wildman–Crippen MR) is 61.8 cm³/mol. The maximum Gasteiger partial charge on any atom is 0.223 e. The number of hydrogen-bond acceptors (Lipinski definition) is 3. The van der Waals surface area contributed by atoms with Gasteiger partial charge in [0.25, 0.3) is 0 Å². The first-order valence-electron chi connectivity index (χ1n) is 5.74. The minimum absolute atomic E-state index is 0.0257. The molecule has 92 valence electrons. The van der Waals surface area contributed by atoms with E-state index in [-0.39, 0.29) is 12.0 Å². The molecule has 1 heterocycles. The molecule has 2 rings (SSSR count). The third-order valence-electron chi connectivity index (χ3n) is 2.59. The summed E-state index contributed by atoms with van der Waals surface area (Å²) in [5.41, 5.74) is 5.06. The van der Waals surface area contributed by atoms with Crippen molar-refractivity contribution in [3.8, 4) is 11.5 Å². The van der Waals surface area contributed by atoms with Crippen molar-refractivity contribution in [1.82, 2.24) is 0 Å². The highest BCUT2D eigenvalue weighted by atomic mass is 16.6. The van der Waals surface area contributed by atoms with Crippen LogP contribution in [0.25, 0.3) is 0 Å². The molecule has 17 heavy (non-hydrogen) atoms. The Balaban J connectivity index is 1.76. The van der Waals surface area contributed by atoms with Gasteiger partial charge < -0.3 is 20.5 Å². The number of rotatable bonds is 5. The zero-order valence-electron chi connectivity index (χ0n) is 9.59. The van der Waals surface area contributed by atoms with Crippen LogP contribution in [0, 0.1) is 0 Å². The van der Waals surface area contributed by atoms with Crippen LogP contribution in [0.15, 0.2) is 24.3 Å². The number of para-hydroxylation sites is 2. The quantitative estimate of drug-likeness (QED) is 0.662. The van der Waals surface area contributed by atoms with Gasteiger partial charge in [-0.1, -0.05) is 12.1 Å². The van der Waals surface area contributed by atoms with Gasteiger partial charge in [0, 0.05) is 0 Å². The van der Waals surface area contributed by atoms with E-state index in [1.54, 1.807) is 0 Å². The summed E-state index contributed by atoms with van der Waals surface area (Å²) < 4.78 is 11.3. The zero-order valence-corrected chi connectivity index (χ0v) is 9.59. The number of ether oxygens (including phenoxy) is 2. The van der Waals surface area contributed by atoms with E-state index in [1.807, 2.05) is 29.6 Å². The van der Waals surface area contributed by atoms with Crippen molar-refractivity contribution in [3.05, 3.63) is 24.3 Å². The monoisotopic (exact) mass is 237 g/mol. The van der Waals surface area contributed by atoms with E-state index in [4.69, 9.17) is 15.2 Å². The minimum atomic E-state index is -0.271. The molecule has 4 N–H and O–H groups in total. The van der Waals surface area contributed by atoms with E-state index in [0.29, 0.717) is 19.6 Å². The summed E-state index contributed by atoms with van der Waals surface area (Å²) in [7, 11) is 0. The highest BCUT2D eigenvalue weighted by Crippen LogP contribution is 2.30. The molecule has 5 nitrogen and oxygen atoms in total. The highest BCUT2D eigenvalue weighted by Gasteiger charge is 2.21. The summed E-state index contributed by atoms with van der Waals surface area (Å²) in [6, 6.07) is 7.62. The number of benzene rings is 1. The summed E-state index contributed by atoms with van der Waals surface area (Å²) in [5.74, 6) is 1.31. The van der Waals surface area contributed by atoms with Crippen LogP contribution in [-0.4, -0.2) is 31.7 Å². The molecule has 0 saturated heterocycles. The number of primary amides is 1. The average molecular weight is 237 g/mol. The van der Waals surface area contributed by atoms with Crippen molar-refractivity contribution in [2.75, 3.05) is 19.7 Å². The Morgan fingerprint density at radius 3 is 2.94 bits per heavy atom. The Morgan fingerprint density at radius 2 is 2.18 bits per heavy atom. The van der Waals surface area contributed by atoms with Crippen LogP contribution in [0.3, 0.4) is 0 Å². The molecule has 1 aromatic carbocycles. The predicted octanol–water partition coefficient (Wildman–Crippen LogP) is -0.735. The molecule has 1 aromatic rings. The van der Waals surface area contributed by atoms with Crippen LogP contribution < -0.4 is 20.5 Å². The highest BCUT2D eigenvalue weighted by molar-refractivity contribution is 5.73. The van der Waals surface area contributed by atoms with Crippen molar-refractivity contribution in [3.63, 3.8) is 0 Å². The van der Waals surface area contributed by atoms with Gasteiger partial charge in [-0.3, -0.25) is 4.79 Å². The topological polar surface area (TPSA) is 78.2 Å². The fraction of sp³-hybridized carbons (Fsp3) is 0.417. The first kappa shape index (κ1) is 11.7. The van der Waals surface area contributed by atoms with Crippen LogP contribution >= 0.6 is 0 Å². The van der Waals surface area contributed by atoms with Crippen LogP contribution in [0.2, 0.25) is 0 Å². The molecule has 0 radical (unpaired) electrons. The first-order valence-corrected chi connectivity index (χ1v) is 5.74. The Bertz CT molecular complexity index is 395. The van der Waals surface area contributed by atoms with E-state index in [1.165, 1.54) is 0 Å². The Morgan fingerprint density at radius 1 is 1.41 bits per heavy atom. The molecule has 0 bridgehead atoms. The van der Waals surface area contributed by atoms with E-state index in [9.17, 15) is 4.79 Å². The van der Waals surface area contributed by atoms with E-state index in [2.05, 4.69) is 0 Å². The van der Waals surface area contributed by atoms with Gasteiger partial charge in [0.2, 0.25) is 5.91 Å². The smallest absolute Gasteiger partial charge is 0.223 e. The molecule has 5 heteroatoms. The molecule has 0 saturated carbocycles. The van der Waals surface area contributed by atoms with Gasteiger partial charge in [0.1, 0.15) is 13.2 Å². The van der Waals surface area contributed by atoms with Gasteiger partial charge >= 0.3 is 0 Å². The van der Waals surface area contributed by atoms with Gasteiger partial charge in [-0.2, -0.15) is 0 Å². The number of hydrogen-bond donors (Lipinski definition) is 2. The summed E-state index contributed by atoms with van der Waals surface area (Å²) in [6.07, 6.45) is 0.419. The van der Waals surface area contributed by atoms with Gasteiger partial charge in [-0.15, -0.1) is 0 Å². The molecule has 0 spiro atoms. The standard InChI is InChI=1S/C12H16N2O3/c13-12(15)5-6-14-7-9-8-16-10-3-1-2-4-11(10)17-9/h1-4,9,14H,5-8H2,(H2,13,15)/p+1/t9-/m0/s1. The molecular weight excluding hydrogens is 220 g/mol. The Labute approximate surface area is 99.9 Å². The number of fused-ring (bicyclic) bond motifs is 1. The molecule has 1 atom stereocenters. The van der Waals surface area contributed by atoms with Crippen molar-refractivity contribution in [1.29, 1.82) is 0 Å². The third-order valence-corrected chi connectivity index (χ3v) is 2.59. The number of carbonyl (C=O) groups is 1. The lowest BCUT2D eigenvalue weighted by molar-refractivity contribution is -0.659. The average Bonchev–Trinajstić information content (AvgIpc) is 2.34. The Hall–Kier alpha value is -1.75. The summed E-state index contributed by atoms with van der Waals surface area (Å²) in [6.45, 7) is 2.00. The lowest BCUT2D eigenvalue weighted by Crippen LogP contribution is -2.87. The lowest BCUT2D eigenvalue weighted by atomic mass is 10.2. The number of amides is 1. The van der Waals surface area contributed by atoms with Gasteiger partial charge in [0.05, 0.1) is 13.0 Å². The van der Waals surface area contributed by atoms with Crippen LogP contribution in [0.4, 0.5) is 0 Å². The van der Waals surface area contributed by atoms with Crippen LogP contribution in [-0.2, 0) is 4.79 Å². The van der Waals surface area contributed by atoms with Gasteiger partial charge in [-0.05, 0) is 12.1 Å². The molecule has 0 unspecified atom stereocenters. The van der Waals surface area contributed by atoms with Crippen LogP contribution in [0.1, 0.15) is 6.42 Å². The van der Waals surface area contributed by atoms with Gasteiger partial charge in [-0.25, -0.2) is 0 Å². The number of quaternary nitrogens is 1. The second-order valence-corrected chi connectivity index (χ2v) is 4.03. The molecule has 0 fully saturated rings. The summed E-state index contributed by atoms with van der Waals surface area (Å²) in [4.78, 5) is 10.6. The first-order chi connectivity index (χ1) is 8.25. The molecule has 1 aliphatic rings. The van der Waals surface area contributed by atoms with Gasteiger partial charge in [0.15, 0.2) is 17.6 Å². The number of nitrogens with two attached hydrogens (primary N) is 2. The normalized spacial score (nSPS) is 17.8. The van der Waals surface area contributed by atoms with E-state index < -0.39 is 0 Å². The zero-order chi connectivity index (χ0) is 12.1. The Kier molecular flexibility index (Phi) is 3.82. The molecule has 1 aliphatic heterocycles. The lowest BCUT2D eigenvalue weighted by Gasteiger charge is -2.25. The van der Waals surface area contributed by atoms with Crippen molar-refractivity contribution in [2.24, 2.45) is 5.73 Å². The SMILES string of the molecule is NC(=O)CC[NH2+]C[C@H]1COc2ccccc2O1.